The summed E-state index contributed by atoms with van der Waals surface area (Å²) in [5.74, 6) is 0.0317. The van der Waals surface area contributed by atoms with Gasteiger partial charge in [0.2, 0.25) is 5.91 Å². The van der Waals surface area contributed by atoms with Crippen molar-refractivity contribution in [3.8, 4) is 5.75 Å². The molecular weight excluding hydrogens is 334 g/mol. The summed E-state index contributed by atoms with van der Waals surface area (Å²) in [6.45, 7) is 1.88. The molecule has 26 heavy (non-hydrogen) atoms. The first-order chi connectivity index (χ1) is 12.5. The number of esters is 1. The van der Waals surface area contributed by atoms with Crippen LogP contribution in [-0.2, 0) is 19.1 Å². The molecule has 1 aliphatic carbocycles. The molecule has 3 rings (SSSR count). The summed E-state index contributed by atoms with van der Waals surface area (Å²) in [6, 6.07) is 7.28. The van der Waals surface area contributed by atoms with Crippen molar-refractivity contribution in [1.82, 2.24) is 0 Å². The van der Waals surface area contributed by atoms with Crippen LogP contribution < -0.4 is 9.64 Å². The van der Waals surface area contributed by atoms with Crippen LogP contribution in [0.3, 0.4) is 0 Å². The van der Waals surface area contributed by atoms with Crippen LogP contribution in [0.4, 0.5) is 5.69 Å². The van der Waals surface area contributed by atoms with Crippen LogP contribution in [0.1, 0.15) is 26.2 Å². The fraction of sp³-hybridized carbons (Fsp3) is 0.450. The highest BCUT2D eigenvalue weighted by Gasteiger charge is 2.53. The highest BCUT2D eigenvalue weighted by atomic mass is 16.5. The molecule has 0 radical (unpaired) electrons. The normalized spacial score (nSPS) is 27.6. The predicted octanol–water partition coefficient (Wildman–Crippen LogP) is 2.52. The van der Waals surface area contributed by atoms with E-state index in [1.54, 1.807) is 24.1 Å². The summed E-state index contributed by atoms with van der Waals surface area (Å²) in [6.07, 6.45) is 5.40. The Morgan fingerprint density at radius 3 is 2.69 bits per heavy atom. The number of anilines is 1. The van der Waals surface area contributed by atoms with Gasteiger partial charge in [-0.15, -0.1) is 0 Å². The van der Waals surface area contributed by atoms with Gasteiger partial charge in [-0.2, -0.15) is 0 Å². The molecular formula is C20H23NO5. The molecule has 138 valence electrons. The zero-order valence-corrected chi connectivity index (χ0v) is 15.0. The van der Waals surface area contributed by atoms with E-state index in [0.29, 0.717) is 25.1 Å². The van der Waals surface area contributed by atoms with Gasteiger partial charge >= 0.3 is 5.97 Å². The summed E-state index contributed by atoms with van der Waals surface area (Å²) in [4.78, 5) is 38.0. The molecule has 0 unspecified atom stereocenters. The Bertz CT molecular complexity index is 726. The summed E-state index contributed by atoms with van der Waals surface area (Å²) in [5, 5.41) is 0. The number of carbonyl (C=O) groups is 3. The third kappa shape index (κ3) is 3.11. The quantitative estimate of drug-likeness (QED) is 0.460. The fourth-order valence-corrected chi connectivity index (χ4v) is 4.12. The van der Waals surface area contributed by atoms with Crippen molar-refractivity contribution in [2.75, 3.05) is 18.6 Å². The predicted molar refractivity (Wildman–Crippen MR) is 95.9 cm³/mol. The van der Waals surface area contributed by atoms with Crippen LogP contribution in [0.5, 0.6) is 5.75 Å². The number of nitrogens with zero attached hydrogens (tertiary/aromatic N) is 1. The molecule has 1 aliphatic heterocycles. The summed E-state index contributed by atoms with van der Waals surface area (Å²) in [5.41, 5.74) is -0.194. The smallest absolute Gasteiger partial charge is 0.302 e. The van der Waals surface area contributed by atoms with Gasteiger partial charge in [-0.05, 0) is 30.7 Å². The number of amides is 1. The molecule has 6 nitrogen and oxygen atoms in total. The number of methoxy groups -OCH3 is 1. The van der Waals surface area contributed by atoms with Gasteiger partial charge in [-0.25, -0.2) is 0 Å². The highest BCUT2D eigenvalue weighted by molar-refractivity contribution is 6.01. The summed E-state index contributed by atoms with van der Waals surface area (Å²) < 4.78 is 10.6. The van der Waals surface area contributed by atoms with Crippen molar-refractivity contribution in [3.05, 3.63) is 36.4 Å². The van der Waals surface area contributed by atoms with Gasteiger partial charge in [0.15, 0.2) is 0 Å². The maximum atomic E-state index is 13.4. The second-order valence-electron chi connectivity index (χ2n) is 6.75. The number of ether oxygens (including phenoxy) is 2. The van der Waals surface area contributed by atoms with Crippen LogP contribution in [0.25, 0.3) is 0 Å². The van der Waals surface area contributed by atoms with E-state index in [9.17, 15) is 14.4 Å². The molecule has 1 saturated heterocycles. The lowest BCUT2D eigenvalue weighted by molar-refractivity contribution is -0.157. The van der Waals surface area contributed by atoms with Crippen molar-refractivity contribution in [3.63, 3.8) is 0 Å². The lowest BCUT2D eigenvalue weighted by atomic mass is 9.63. The first kappa shape index (κ1) is 18.2. The van der Waals surface area contributed by atoms with Crippen molar-refractivity contribution in [2.24, 2.45) is 11.3 Å². The third-order valence-electron chi connectivity index (χ3n) is 5.32. The molecule has 0 aromatic heterocycles. The summed E-state index contributed by atoms with van der Waals surface area (Å²) >= 11 is 0. The monoisotopic (exact) mass is 357 g/mol. The molecule has 1 fully saturated rings. The van der Waals surface area contributed by atoms with Crippen molar-refractivity contribution in [1.29, 1.82) is 0 Å². The molecule has 0 saturated carbocycles. The van der Waals surface area contributed by atoms with E-state index < -0.39 is 5.41 Å². The Hall–Kier alpha value is -2.63. The highest BCUT2D eigenvalue weighted by Crippen LogP contribution is 2.47. The zero-order valence-electron chi connectivity index (χ0n) is 15.0. The topological polar surface area (TPSA) is 72.9 Å². The van der Waals surface area contributed by atoms with Gasteiger partial charge in [0.1, 0.15) is 18.1 Å². The van der Waals surface area contributed by atoms with E-state index in [2.05, 4.69) is 0 Å². The number of fused-ring (bicyclic) bond motifs is 1. The maximum absolute atomic E-state index is 13.4. The second-order valence-corrected chi connectivity index (χ2v) is 6.75. The van der Waals surface area contributed by atoms with E-state index in [4.69, 9.17) is 9.47 Å². The number of aldehydes is 1. The Morgan fingerprint density at radius 2 is 2.08 bits per heavy atom. The van der Waals surface area contributed by atoms with Gasteiger partial charge in [0.05, 0.1) is 12.5 Å². The van der Waals surface area contributed by atoms with Crippen molar-refractivity contribution in [2.45, 2.75) is 32.3 Å². The Kier molecular flexibility index (Phi) is 5.11. The standard InChI is InChI=1S/C20H23NO5/c1-14(23)26-18-4-3-10-20(11-13-22)17(18)9-12-21(19(20)24)15-5-7-16(25-2)8-6-15/h3,5-8,10,13,17-18H,4,9,11-12H2,1-2H3/t17-,18-,20-/m0/s1. The van der Waals surface area contributed by atoms with Gasteiger partial charge < -0.3 is 19.2 Å². The molecule has 3 atom stereocenters. The molecule has 0 N–H and O–H groups in total. The lowest BCUT2D eigenvalue weighted by Crippen LogP contribution is -2.57. The van der Waals surface area contributed by atoms with Crippen LogP contribution in [0.2, 0.25) is 0 Å². The summed E-state index contributed by atoms with van der Waals surface area (Å²) in [7, 11) is 1.59. The minimum atomic E-state index is -0.960. The Labute approximate surface area is 152 Å². The Morgan fingerprint density at radius 1 is 1.35 bits per heavy atom. The number of benzene rings is 1. The van der Waals surface area contributed by atoms with Crippen LogP contribution in [0.15, 0.2) is 36.4 Å². The number of piperidine rings is 1. The van der Waals surface area contributed by atoms with E-state index in [1.165, 1.54) is 6.92 Å². The molecule has 0 spiro atoms. The molecule has 0 bridgehead atoms. The van der Waals surface area contributed by atoms with Crippen LogP contribution in [-0.4, -0.2) is 37.9 Å². The van der Waals surface area contributed by atoms with E-state index >= 15 is 0 Å². The first-order valence-corrected chi connectivity index (χ1v) is 8.76. The molecule has 1 aromatic carbocycles. The zero-order chi connectivity index (χ0) is 18.7. The number of rotatable bonds is 5. The van der Waals surface area contributed by atoms with Crippen LogP contribution in [0, 0.1) is 11.3 Å². The number of hydrogen-bond acceptors (Lipinski definition) is 5. The van der Waals surface area contributed by atoms with Gasteiger partial charge in [0, 0.05) is 37.9 Å². The number of carbonyl (C=O) groups excluding carboxylic acids is 3. The van der Waals surface area contributed by atoms with Gasteiger partial charge in [-0.3, -0.25) is 9.59 Å². The van der Waals surface area contributed by atoms with Crippen molar-refractivity contribution < 1.29 is 23.9 Å². The van der Waals surface area contributed by atoms with E-state index in [0.717, 1.165) is 12.0 Å². The first-order valence-electron chi connectivity index (χ1n) is 8.76. The van der Waals surface area contributed by atoms with E-state index in [1.807, 2.05) is 24.3 Å². The molecule has 1 amide bonds. The van der Waals surface area contributed by atoms with E-state index in [-0.39, 0.29) is 30.3 Å². The minimum absolute atomic E-state index is 0.0808. The Balaban J connectivity index is 1.94. The van der Waals surface area contributed by atoms with Gasteiger partial charge in [-0.1, -0.05) is 12.2 Å². The SMILES string of the molecule is COc1ccc(N2CC[C@H]3[C@@H](OC(C)=O)CC=C[C@@]3(CC=O)C2=O)cc1. The molecule has 6 heteroatoms. The lowest BCUT2D eigenvalue weighted by Gasteiger charge is -2.49. The molecule has 2 aliphatic rings. The maximum Gasteiger partial charge on any atom is 0.302 e. The van der Waals surface area contributed by atoms with Gasteiger partial charge in [0.25, 0.3) is 0 Å². The molecule has 1 aromatic rings. The van der Waals surface area contributed by atoms with Crippen molar-refractivity contribution >= 4 is 23.9 Å². The third-order valence-corrected chi connectivity index (χ3v) is 5.32. The minimum Gasteiger partial charge on any atom is -0.497 e. The molecule has 1 heterocycles. The second kappa shape index (κ2) is 7.32. The number of hydrogen-bond donors (Lipinski definition) is 0. The van der Waals surface area contributed by atoms with Crippen LogP contribution >= 0.6 is 0 Å². The largest absolute Gasteiger partial charge is 0.497 e. The average Bonchev–Trinajstić information content (AvgIpc) is 2.63. The fourth-order valence-electron chi connectivity index (χ4n) is 4.12. The average molecular weight is 357 g/mol.